The molecule has 2 aromatic heterocycles. The van der Waals surface area contributed by atoms with Crippen molar-refractivity contribution in [2.24, 2.45) is 5.41 Å². The maximum Gasteiger partial charge on any atom is 0.319 e. The average Bonchev–Trinajstić information content (AvgIpc) is 3.37. The summed E-state index contributed by atoms with van der Waals surface area (Å²) < 4.78 is 65.7. The minimum atomic E-state index is -0.996. The molecule has 60 heavy (non-hydrogen) atoms. The van der Waals surface area contributed by atoms with E-state index >= 15 is 13.2 Å². The zero-order chi connectivity index (χ0) is 41.6. The number of ether oxygens (including phenoxy) is 3. The lowest BCUT2D eigenvalue weighted by atomic mass is 9.59. The number of anilines is 1. The van der Waals surface area contributed by atoms with Crippen LogP contribution in [0.4, 0.5) is 19.0 Å². The molecule has 0 bridgehead atoms. The molecule has 11 nitrogen and oxygen atoms in total. The molecule has 1 spiro atoms. The number of piperidine rings is 1. The van der Waals surface area contributed by atoms with Gasteiger partial charge in [0.2, 0.25) is 5.91 Å². The van der Waals surface area contributed by atoms with Gasteiger partial charge in [0.05, 0.1) is 28.8 Å². The Morgan fingerprint density at radius 1 is 1.05 bits per heavy atom. The number of fused-ring (bicyclic) bond motifs is 2. The van der Waals surface area contributed by atoms with E-state index < -0.39 is 29.3 Å². The normalized spacial score (nSPS) is 27.7. The highest BCUT2D eigenvalue weighted by Gasteiger charge is 2.55. The largest absolute Gasteiger partial charge is 0.493 e. The Morgan fingerprint density at radius 2 is 1.85 bits per heavy atom. The Bertz CT molecular complexity index is 2150. The number of aromatic nitrogens is 3. The molecule has 3 aromatic rings. The summed E-state index contributed by atoms with van der Waals surface area (Å²) >= 11 is 0. The highest BCUT2D eigenvalue weighted by molar-refractivity contribution is 5.90. The Kier molecular flexibility index (Phi) is 11.4. The van der Waals surface area contributed by atoms with Crippen molar-refractivity contribution in [1.82, 2.24) is 30.1 Å². The van der Waals surface area contributed by atoms with Gasteiger partial charge >= 0.3 is 6.01 Å². The van der Waals surface area contributed by atoms with Gasteiger partial charge in [-0.05, 0) is 108 Å². The van der Waals surface area contributed by atoms with Crippen LogP contribution in [0.15, 0.2) is 31.0 Å². The number of carbonyl (C=O) groups excluding carboxylic acids is 1. The van der Waals surface area contributed by atoms with E-state index in [9.17, 15) is 4.79 Å². The van der Waals surface area contributed by atoms with E-state index in [1.165, 1.54) is 31.1 Å². The lowest BCUT2D eigenvalue weighted by Crippen LogP contribution is -2.60. The van der Waals surface area contributed by atoms with Gasteiger partial charge in [0, 0.05) is 75.1 Å². The zero-order valence-electron chi connectivity index (χ0n) is 34.6. The van der Waals surface area contributed by atoms with Gasteiger partial charge in [-0.2, -0.15) is 9.97 Å². The first kappa shape index (κ1) is 40.9. The highest BCUT2D eigenvalue weighted by Crippen LogP contribution is 2.54. The number of hydrogen-bond acceptors (Lipinski definition) is 10. The number of rotatable bonds is 9. The van der Waals surface area contributed by atoms with Gasteiger partial charge < -0.3 is 29.3 Å². The zero-order valence-corrected chi connectivity index (χ0v) is 34.6. The van der Waals surface area contributed by atoms with Crippen LogP contribution in [-0.4, -0.2) is 120 Å². The summed E-state index contributed by atoms with van der Waals surface area (Å²) in [4.78, 5) is 33.7. The van der Waals surface area contributed by atoms with Crippen LogP contribution >= 0.6 is 0 Å². The summed E-state index contributed by atoms with van der Waals surface area (Å²) in [5.74, 6) is 1.03. The molecule has 1 unspecified atom stereocenters. The monoisotopic (exact) mass is 827 g/mol. The van der Waals surface area contributed by atoms with E-state index in [1.54, 1.807) is 6.20 Å². The summed E-state index contributed by atoms with van der Waals surface area (Å²) in [7, 11) is 0. The number of likely N-dealkylation sites (tertiary alicyclic amines) is 2. The molecule has 7 heterocycles. The van der Waals surface area contributed by atoms with Crippen LogP contribution in [0, 0.1) is 29.4 Å². The van der Waals surface area contributed by atoms with Crippen LogP contribution in [0.5, 0.6) is 11.8 Å². The van der Waals surface area contributed by atoms with E-state index in [0.717, 1.165) is 71.2 Å². The van der Waals surface area contributed by atoms with Crippen molar-refractivity contribution in [2.75, 3.05) is 64.1 Å². The number of halogens is 3. The predicted octanol–water partition coefficient (Wildman–Crippen LogP) is 6.46. The van der Waals surface area contributed by atoms with Crippen LogP contribution in [-0.2, 0) is 9.53 Å². The van der Waals surface area contributed by atoms with Gasteiger partial charge in [0.15, 0.2) is 5.82 Å². The Morgan fingerprint density at radius 3 is 2.62 bits per heavy atom. The smallest absolute Gasteiger partial charge is 0.319 e. The molecular weight excluding hydrogens is 772 g/mol. The minimum Gasteiger partial charge on any atom is -0.493 e. The number of hydrogen-bond donors (Lipinski definition) is 1. The number of alkyl halides is 1. The van der Waals surface area contributed by atoms with Gasteiger partial charge in [0.1, 0.15) is 35.7 Å². The molecule has 1 aliphatic carbocycles. The molecule has 9 rings (SSSR count). The molecular formula is C46H56F3N7O4. The molecule has 1 saturated carbocycles. The second-order valence-electron chi connectivity index (χ2n) is 18.3. The number of carbonyl (C=O) groups is 1. The Hall–Kier alpha value is -4.45. The van der Waals surface area contributed by atoms with E-state index in [4.69, 9.17) is 30.6 Å². The molecule has 6 aliphatic rings. The summed E-state index contributed by atoms with van der Waals surface area (Å²) in [6, 6.07) is 3.42. The first-order chi connectivity index (χ1) is 29.1. The second-order valence-corrected chi connectivity index (χ2v) is 18.3. The van der Waals surface area contributed by atoms with Crippen LogP contribution in [0.25, 0.3) is 10.9 Å². The van der Waals surface area contributed by atoms with Crippen molar-refractivity contribution in [3.8, 4) is 24.1 Å². The standard InChI is InChI=1S/C46H56F3N7O4/c1-4-33-36(48)9-10-37-39(33)34(13-21-59-37)41-40(49)42-35(25-50-41)43(55-16-7-6-8-30(27-55)51-38(57)5-2)53-44(52-42)60-28-45(3)22-29(47)26-56(45)32-23-46(24-32)14-17-54(18-15-46)31-11-19-58-20-12-31/h1,5,9-10,25,29-32,34H,2,6-8,11-24,26-28H2,3H3,(H,51,57)/t29-,30?,34+,45+/m1/s1. The highest BCUT2D eigenvalue weighted by atomic mass is 19.1. The lowest BCUT2D eigenvalue weighted by molar-refractivity contribution is -0.117. The van der Waals surface area contributed by atoms with Crippen molar-refractivity contribution >= 4 is 22.6 Å². The van der Waals surface area contributed by atoms with Gasteiger partial charge in [0.25, 0.3) is 0 Å². The van der Waals surface area contributed by atoms with Crippen molar-refractivity contribution in [3.05, 3.63) is 59.4 Å². The van der Waals surface area contributed by atoms with E-state index in [0.29, 0.717) is 66.4 Å². The third-order valence-electron chi connectivity index (χ3n) is 14.4. The minimum absolute atomic E-state index is 0.00690. The van der Waals surface area contributed by atoms with Crippen molar-refractivity contribution in [2.45, 2.75) is 113 Å². The molecule has 0 radical (unpaired) electrons. The molecule has 5 fully saturated rings. The number of nitrogens with one attached hydrogen (secondary N) is 1. The van der Waals surface area contributed by atoms with Crippen molar-refractivity contribution in [3.63, 3.8) is 0 Å². The maximum absolute atomic E-state index is 17.2. The van der Waals surface area contributed by atoms with Crippen LogP contribution < -0.4 is 19.7 Å². The van der Waals surface area contributed by atoms with E-state index in [1.807, 2.05) is 4.90 Å². The van der Waals surface area contributed by atoms with Gasteiger partial charge in [-0.3, -0.25) is 14.7 Å². The van der Waals surface area contributed by atoms with E-state index in [-0.39, 0.29) is 54.0 Å². The fourth-order valence-corrected chi connectivity index (χ4v) is 11.2. The van der Waals surface area contributed by atoms with Crippen LogP contribution in [0.1, 0.15) is 100 Å². The average molecular weight is 828 g/mol. The fourth-order valence-electron chi connectivity index (χ4n) is 11.2. The maximum atomic E-state index is 17.2. The molecule has 320 valence electrons. The number of terminal acetylenes is 1. The molecule has 4 atom stereocenters. The third kappa shape index (κ3) is 7.82. The molecule has 14 heteroatoms. The van der Waals surface area contributed by atoms with Gasteiger partial charge in [-0.15, -0.1) is 6.42 Å². The number of amides is 1. The number of pyridine rings is 1. The lowest BCUT2D eigenvalue weighted by Gasteiger charge is -2.57. The predicted molar refractivity (Wildman–Crippen MR) is 222 cm³/mol. The molecule has 4 saturated heterocycles. The molecule has 5 aliphatic heterocycles. The third-order valence-corrected chi connectivity index (χ3v) is 14.4. The summed E-state index contributed by atoms with van der Waals surface area (Å²) in [6.07, 6.45) is 17.3. The van der Waals surface area contributed by atoms with Crippen molar-refractivity contribution < 1.29 is 32.2 Å². The molecule has 1 amide bonds. The summed E-state index contributed by atoms with van der Waals surface area (Å²) in [6.45, 7) is 11.3. The molecule has 1 aromatic carbocycles. The second kappa shape index (κ2) is 16.8. The Balaban J connectivity index is 1.00. The van der Waals surface area contributed by atoms with Gasteiger partial charge in [-0.25, -0.2) is 13.2 Å². The molecule has 1 N–H and O–H groups in total. The fraction of sp³-hybridized carbons (Fsp3) is 0.609. The van der Waals surface area contributed by atoms with Gasteiger partial charge in [-0.1, -0.05) is 12.5 Å². The van der Waals surface area contributed by atoms with Crippen LogP contribution in [0.3, 0.4) is 0 Å². The van der Waals surface area contributed by atoms with E-state index in [2.05, 4.69) is 39.5 Å². The first-order valence-electron chi connectivity index (χ1n) is 21.9. The number of benzene rings is 1. The quantitative estimate of drug-likeness (QED) is 0.191. The summed E-state index contributed by atoms with van der Waals surface area (Å²) in [5, 5.41) is 3.40. The summed E-state index contributed by atoms with van der Waals surface area (Å²) in [5.41, 5.74) is 0.151. The van der Waals surface area contributed by atoms with Crippen molar-refractivity contribution in [1.29, 1.82) is 0 Å². The first-order valence-corrected chi connectivity index (χ1v) is 21.9. The number of nitrogens with zero attached hydrogens (tertiary/aromatic N) is 6. The SMILES string of the molecule is C#Cc1c(F)ccc2c1[C@@H](c1ncc3c(N4CCCCC(NC(=O)C=C)C4)nc(OC[C@]4(C)C[C@@H](F)CN4C4CC5(CCN(C6CCOCC6)CC5)C4)nc3c1F)CCO2. The van der Waals surface area contributed by atoms with Crippen LogP contribution in [0.2, 0.25) is 0 Å². The Labute approximate surface area is 350 Å². The topological polar surface area (TPSA) is 105 Å².